The smallest absolute Gasteiger partial charge is 0.329 e. The maximum Gasteiger partial charge on any atom is 0.329 e. The van der Waals surface area contributed by atoms with Gasteiger partial charge in [0.2, 0.25) is 11.8 Å². The van der Waals surface area contributed by atoms with Crippen LogP contribution in [-0.2, 0) is 23.9 Å². The Morgan fingerprint density at radius 2 is 1.86 bits per heavy atom. The predicted octanol–water partition coefficient (Wildman–Crippen LogP) is 3.00. The van der Waals surface area contributed by atoms with Gasteiger partial charge in [-0.3, -0.25) is 19.3 Å². The zero-order chi connectivity index (χ0) is 20.9. The van der Waals surface area contributed by atoms with Crippen molar-refractivity contribution >= 4 is 56.9 Å². The number of hydrogen-bond acceptors (Lipinski definition) is 5. The van der Waals surface area contributed by atoms with Crippen LogP contribution in [-0.4, -0.2) is 41.2 Å². The van der Waals surface area contributed by atoms with Gasteiger partial charge in [-0.2, -0.15) is 0 Å². The van der Waals surface area contributed by atoms with Crippen molar-refractivity contribution < 1.29 is 23.9 Å². The number of benzene rings is 1. The van der Waals surface area contributed by atoms with Crippen LogP contribution in [0.5, 0.6) is 0 Å². The molecule has 0 unspecified atom stereocenters. The lowest BCUT2D eigenvalue weighted by atomic mass is 9.81. The molecule has 154 valence electrons. The molecule has 0 spiro atoms. The molecule has 1 aliphatic heterocycles. The van der Waals surface area contributed by atoms with Crippen LogP contribution < -0.4 is 5.32 Å². The van der Waals surface area contributed by atoms with Crippen molar-refractivity contribution in [2.24, 2.45) is 23.7 Å². The van der Waals surface area contributed by atoms with E-state index in [1.165, 1.54) is 6.92 Å². The molecule has 2 saturated carbocycles. The second-order valence-electron chi connectivity index (χ2n) is 7.89. The van der Waals surface area contributed by atoms with Gasteiger partial charge < -0.3 is 10.1 Å². The molecule has 7 nitrogen and oxygen atoms in total. The van der Waals surface area contributed by atoms with Crippen LogP contribution in [0.1, 0.15) is 26.2 Å². The first-order valence-corrected chi connectivity index (χ1v) is 10.7. The van der Waals surface area contributed by atoms with Gasteiger partial charge in [0.05, 0.1) is 16.9 Å². The van der Waals surface area contributed by atoms with E-state index in [1.54, 1.807) is 18.2 Å². The number of amides is 3. The fraction of sp³-hybridized carbons (Fsp3) is 0.500. The summed E-state index contributed by atoms with van der Waals surface area (Å²) in [6.07, 6.45) is 2.87. The summed E-state index contributed by atoms with van der Waals surface area (Å²) in [5, 5.41) is 3.00. The number of imide groups is 1. The highest BCUT2D eigenvalue weighted by atomic mass is 79.9. The molecule has 1 aromatic rings. The van der Waals surface area contributed by atoms with Gasteiger partial charge in [0, 0.05) is 10.2 Å². The maximum absolute atomic E-state index is 12.8. The highest BCUT2D eigenvalue weighted by Crippen LogP contribution is 2.56. The van der Waals surface area contributed by atoms with Crippen molar-refractivity contribution in [3.63, 3.8) is 0 Å². The van der Waals surface area contributed by atoms with E-state index < -0.39 is 24.5 Å². The molecule has 1 heterocycles. The Morgan fingerprint density at radius 1 is 1.24 bits per heavy atom. The van der Waals surface area contributed by atoms with Gasteiger partial charge in [-0.05, 0) is 72.2 Å². The minimum atomic E-state index is -1.05. The molecule has 2 aliphatic carbocycles. The molecule has 4 rings (SSSR count). The summed E-state index contributed by atoms with van der Waals surface area (Å²) in [7, 11) is 0. The van der Waals surface area contributed by atoms with E-state index >= 15 is 0 Å². The summed E-state index contributed by atoms with van der Waals surface area (Å²) in [4.78, 5) is 51.0. The summed E-state index contributed by atoms with van der Waals surface area (Å²) in [6, 6.07) is 3.84. The van der Waals surface area contributed by atoms with E-state index in [0.29, 0.717) is 15.2 Å². The minimum Gasteiger partial charge on any atom is -0.454 e. The van der Waals surface area contributed by atoms with Crippen LogP contribution in [0.4, 0.5) is 5.69 Å². The Balaban J connectivity index is 1.34. The van der Waals surface area contributed by atoms with Gasteiger partial charge in [0.15, 0.2) is 6.61 Å². The molecule has 3 aliphatic rings. The van der Waals surface area contributed by atoms with E-state index in [9.17, 15) is 19.2 Å². The van der Waals surface area contributed by atoms with Crippen molar-refractivity contribution in [1.29, 1.82) is 0 Å². The first kappa shape index (κ1) is 20.3. The first-order chi connectivity index (χ1) is 13.8. The summed E-state index contributed by atoms with van der Waals surface area (Å²) in [5.74, 6) is -1.95. The molecule has 29 heavy (non-hydrogen) atoms. The summed E-state index contributed by atoms with van der Waals surface area (Å²) < 4.78 is 5.74. The number of carbonyl (C=O) groups is 4. The second-order valence-corrected chi connectivity index (χ2v) is 9.15. The number of likely N-dealkylation sites (tertiary alicyclic amines) is 1. The molecule has 2 bridgehead atoms. The Bertz CT molecular complexity index is 879. The highest BCUT2D eigenvalue weighted by molar-refractivity contribution is 9.10. The molecular weight excluding hydrogens is 464 g/mol. The van der Waals surface area contributed by atoms with E-state index in [1.807, 2.05) is 0 Å². The zero-order valence-electron chi connectivity index (χ0n) is 15.7. The fourth-order valence-corrected chi connectivity index (χ4v) is 5.37. The van der Waals surface area contributed by atoms with Crippen LogP contribution in [0.3, 0.4) is 0 Å². The van der Waals surface area contributed by atoms with Gasteiger partial charge >= 0.3 is 5.97 Å². The molecule has 3 fully saturated rings. The average Bonchev–Trinajstić information content (AvgIpc) is 3.36. The molecule has 0 aromatic heterocycles. The van der Waals surface area contributed by atoms with Crippen molar-refractivity contribution in [3.05, 3.63) is 27.7 Å². The number of anilines is 1. The van der Waals surface area contributed by atoms with Crippen LogP contribution in [0.2, 0.25) is 5.02 Å². The maximum atomic E-state index is 12.8. The van der Waals surface area contributed by atoms with Gasteiger partial charge in [0.25, 0.3) is 5.91 Å². The van der Waals surface area contributed by atoms with Crippen LogP contribution in [0.25, 0.3) is 0 Å². The molecular formula is C20H20BrClN2O5. The predicted molar refractivity (Wildman–Crippen MR) is 108 cm³/mol. The average molecular weight is 484 g/mol. The van der Waals surface area contributed by atoms with Crippen molar-refractivity contribution in [1.82, 2.24) is 4.90 Å². The summed E-state index contributed by atoms with van der Waals surface area (Å²) in [6.45, 7) is 0.943. The molecule has 9 heteroatoms. The molecule has 1 aromatic carbocycles. The lowest BCUT2D eigenvalue weighted by Gasteiger charge is -2.23. The lowest BCUT2D eigenvalue weighted by Crippen LogP contribution is -2.45. The number of carbonyl (C=O) groups excluding carboxylic acids is 4. The first-order valence-electron chi connectivity index (χ1n) is 9.56. The Kier molecular flexibility index (Phi) is 5.42. The lowest BCUT2D eigenvalue weighted by molar-refractivity contribution is -0.159. The normalized spacial score (nSPS) is 28.4. The summed E-state index contributed by atoms with van der Waals surface area (Å²) in [5.41, 5.74) is 0.459. The molecule has 5 atom stereocenters. The van der Waals surface area contributed by atoms with Gasteiger partial charge in [-0.25, -0.2) is 4.79 Å². The van der Waals surface area contributed by atoms with E-state index in [2.05, 4.69) is 21.2 Å². The van der Waals surface area contributed by atoms with Crippen molar-refractivity contribution in [3.8, 4) is 0 Å². The van der Waals surface area contributed by atoms with Crippen molar-refractivity contribution in [2.45, 2.75) is 32.2 Å². The Hall–Kier alpha value is -1.93. The number of ether oxygens (including phenoxy) is 1. The number of rotatable bonds is 5. The quantitative estimate of drug-likeness (QED) is 0.513. The Morgan fingerprint density at radius 3 is 2.45 bits per heavy atom. The third kappa shape index (κ3) is 3.57. The number of esters is 1. The third-order valence-electron chi connectivity index (χ3n) is 6.24. The molecule has 0 radical (unpaired) electrons. The number of hydrogen-bond donors (Lipinski definition) is 1. The van der Waals surface area contributed by atoms with Crippen LogP contribution >= 0.6 is 27.5 Å². The highest BCUT2D eigenvalue weighted by Gasteiger charge is 2.62. The van der Waals surface area contributed by atoms with E-state index in [-0.39, 0.29) is 35.5 Å². The number of nitrogens with one attached hydrogen (secondary N) is 1. The van der Waals surface area contributed by atoms with Gasteiger partial charge in [0.1, 0.15) is 6.04 Å². The van der Waals surface area contributed by atoms with E-state index in [4.69, 9.17) is 16.3 Å². The Labute approximate surface area is 181 Å². The zero-order valence-corrected chi connectivity index (χ0v) is 18.0. The molecule has 1 N–H and O–H groups in total. The fourth-order valence-electron chi connectivity index (χ4n) is 4.95. The molecule has 3 amide bonds. The van der Waals surface area contributed by atoms with Gasteiger partial charge in [-0.1, -0.05) is 11.6 Å². The SMILES string of the molecule is C[C@H](C(=O)OCC(=O)Nc1ccc(Br)c(Cl)c1)N1C(=O)[C@@H]2[C@H]3CC[C@@H](C3)[C@H]2C1=O. The standard InChI is InChI=1S/C20H20BrClN2O5/c1-9(24-18(26)16-10-2-3-11(6-10)17(16)19(24)27)20(28)29-8-15(25)23-12-4-5-13(21)14(22)7-12/h4-5,7,9-11,16-17H,2-3,6,8H2,1H3,(H,23,25)/t9-,10+,11+,16-,17-/m1/s1. The van der Waals surface area contributed by atoms with Crippen LogP contribution in [0, 0.1) is 23.7 Å². The van der Waals surface area contributed by atoms with Crippen molar-refractivity contribution in [2.75, 3.05) is 11.9 Å². The second kappa shape index (κ2) is 7.72. The third-order valence-corrected chi connectivity index (χ3v) is 7.47. The minimum absolute atomic E-state index is 0.248. The van der Waals surface area contributed by atoms with E-state index in [0.717, 1.165) is 24.2 Å². The number of fused-ring (bicyclic) bond motifs is 5. The summed E-state index contributed by atoms with van der Waals surface area (Å²) >= 11 is 9.24. The number of halogens is 2. The van der Waals surface area contributed by atoms with Gasteiger partial charge in [-0.15, -0.1) is 0 Å². The topological polar surface area (TPSA) is 92.8 Å². The van der Waals surface area contributed by atoms with Crippen LogP contribution in [0.15, 0.2) is 22.7 Å². The largest absolute Gasteiger partial charge is 0.454 e. The molecule has 1 saturated heterocycles. The number of nitrogens with zero attached hydrogens (tertiary/aromatic N) is 1. The monoisotopic (exact) mass is 482 g/mol.